The molecule has 3 aromatic rings. The third-order valence-electron chi connectivity index (χ3n) is 5.85. The molecule has 0 N–H and O–H groups in total. The van der Waals surface area contributed by atoms with Gasteiger partial charge in [-0.3, -0.25) is 4.79 Å². The van der Waals surface area contributed by atoms with E-state index in [4.69, 9.17) is 4.74 Å². The Kier molecular flexibility index (Phi) is 7.52. The van der Waals surface area contributed by atoms with Crippen molar-refractivity contribution in [2.75, 3.05) is 6.61 Å². The second-order valence-corrected chi connectivity index (χ2v) is 8.24. The van der Waals surface area contributed by atoms with Crippen molar-refractivity contribution in [1.82, 2.24) is 9.13 Å². The van der Waals surface area contributed by atoms with E-state index in [9.17, 15) is 19.2 Å². The molecule has 0 bridgehead atoms. The third-order valence-corrected chi connectivity index (χ3v) is 5.85. The van der Waals surface area contributed by atoms with Gasteiger partial charge in [0.15, 0.2) is 6.61 Å². The molecule has 0 aliphatic carbocycles. The van der Waals surface area contributed by atoms with Crippen molar-refractivity contribution in [3.63, 3.8) is 0 Å². The lowest BCUT2D eigenvalue weighted by atomic mass is 10.1. The van der Waals surface area contributed by atoms with E-state index in [0.29, 0.717) is 11.3 Å². The Morgan fingerprint density at radius 1 is 1.06 bits per heavy atom. The molecule has 0 fully saturated rings. The van der Waals surface area contributed by atoms with Crippen LogP contribution in [0.3, 0.4) is 0 Å². The molecule has 0 aliphatic rings. The molecule has 0 saturated carbocycles. The molecule has 0 aliphatic heterocycles. The molecule has 176 valence electrons. The lowest BCUT2D eigenvalue weighted by Crippen LogP contribution is -2.16. The number of benzene rings is 1. The molecule has 0 amide bonds. The normalized spacial score (nSPS) is 11.4. The van der Waals surface area contributed by atoms with E-state index >= 15 is 0 Å². The Balaban J connectivity index is 1.76. The van der Waals surface area contributed by atoms with Gasteiger partial charge in [0.1, 0.15) is 17.5 Å². The lowest BCUT2D eigenvalue weighted by Gasteiger charge is -2.10. The number of aromatic nitrogens is 2. The zero-order chi connectivity index (χ0) is 25.0. The van der Waals surface area contributed by atoms with Crippen molar-refractivity contribution in [2.45, 2.75) is 47.6 Å². The van der Waals surface area contributed by atoms with E-state index < -0.39 is 12.6 Å². The van der Waals surface area contributed by atoms with Crippen LogP contribution in [0.5, 0.6) is 0 Å². The van der Waals surface area contributed by atoms with Gasteiger partial charge in [-0.2, -0.15) is 5.26 Å². The number of nitrogens with zero attached hydrogens (tertiary/aromatic N) is 3. The van der Waals surface area contributed by atoms with E-state index in [0.717, 1.165) is 41.3 Å². The second kappa shape index (κ2) is 10.3. The molecule has 0 spiro atoms. The van der Waals surface area contributed by atoms with Crippen LogP contribution in [0.4, 0.5) is 4.39 Å². The maximum Gasteiger partial charge on any atom is 0.349 e. The van der Waals surface area contributed by atoms with Crippen molar-refractivity contribution in [3.8, 4) is 11.8 Å². The van der Waals surface area contributed by atoms with Crippen LogP contribution in [0, 0.1) is 44.8 Å². The fourth-order valence-corrected chi connectivity index (χ4v) is 4.15. The summed E-state index contributed by atoms with van der Waals surface area (Å²) in [5, 5.41) is 9.50. The number of halogens is 1. The highest BCUT2D eigenvalue weighted by molar-refractivity contribution is 6.02. The summed E-state index contributed by atoms with van der Waals surface area (Å²) in [6, 6.07) is 11.5. The highest BCUT2D eigenvalue weighted by Gasteiger charge is 2.20. The summed E-state index contributed by atoms with van der Waals surface area (Å²) in [5.74, 6) is -1.57. The zero-order valence-corrected chi connectivity index (χ0v) is 20.1. The maximum atomic E-state index is 13.3. The summed E-state index contributed by atoms with van der Waals surface area (Å²) in [4.78, 5) is 25.3. The Hall–Kier alpha value is -3.92. The van der Waals surface area contributed by atoms with E-state index in [1.54, 1.807) is 25.1 Å². The number of hydrogen-bond acceptors (Lipinski definition) is 4. The van der Waals surface area contributed by atoms with Gasteiger partial charge in [-0.15, -0.1) is 0 Å². The minimum atomic E-state index is -0.844. The van der Waals surface area contributed by atoms with Crippen LogP contribution in [-0.2, 0) is 16.1 Å². The van der Waals surface area contributed by atoms with Crippen LogP contribution in [0.15, 0.2) is 42.0 Å². The topological polar surface area (TPSA) is 77.0 Å². The summed E-state index contributed by atoms with van der Waals surface area (Å²) in [6.45, 7) is 9.98. The van der Waals surface area contributed by atoms with Gasteiger partial charge in [0.25, 0.3) is 0 Å². The molecule has 0 unspecified atom stereocenters. The largest absolute Gasteiger partial charge is 0.453 e. The van der Waals surface area contributed by atoms with Gasteiger partial charge in [-0.25, -0.2) is 9.18 Å². The van der Waals surface area contributed by atoms with Crippen LogP contribution in [-0.4, -0.2) is 27.5 Å². The number of esters is 1. The number of rotatable bonds is 8. The van der Waals surface area contributed by atoms with Crippen LogP contribution in [0.2, 0.25) is 0 Å². The first-order valence-electron chi connectivity index (χ1n) is 11.1. The van der Waals surface area contributed by atoms with Gasteiger partial charge in [0.2, 0.25) is 5.78 Å². The first-order valence-corrected chi connectivity index (χ1v) is 11.1. The SMILES string of the molecule is CCCn1c(C)cc(C=C(C#N)C(=O)OCC(=O)c2cc(C)n(-c3ccc(F)cc3)c2C)c1C. The Bertz CT molecular complexity index is 1300. The summed E-state index contributed by atoms with van der Waals surface area (Å²) < 4.78 is 22.4. The standard InChI is InChI=1S/C27H28FN3O3/c1-6-11-30-17(2)12-21(19(30)4)14-22(15-29)27(33)34-16-26(32)25-13-18(3)31(20(25)5)24-9-7-23(28)8-10-24/h7-10,12-14H,6,11,16H2,1-5H3. The number of hydrogen-bond donors (Lipinski definition) is 0. The molecule has 2 heterocycles. The Morgan fingerprint density at radius 2 is 1.74 bits per heavy atom. The van der Waals surface area contributed by atoms with E-state index in [1.165, 1.54) is 18.2 Å². The van der Waals surface area contributed by atoms with Crippen molar-refractivity contribution >= 4 is 17.8 Å². The molecule has 6 nitrogen and oxygen atoms in total. The molecule has 0 saturated heterocycles. The van der Waals surface area contributed by atoms with Crippen molar-refractivity contribution in [3.05, 3.63) is 81.7 Å². The molecule has 34 heavy (non-hydrogen) atoms. The van der Waals surface area contributed by atoms with Gasteiger partial charge in [0.05, 0.1) is 0 Å². The van der Waals surface area contributed by atoms with Crippen LogP contribution in [0.25, 0.3) is 11.8 Å². The van der Waals surface area contributed by atoms with Crippen LogP contribution < -0.4 is 0 Å². The minimum absolute atomic E-state index is 0.165. The zero-order valence-electron chi connectivity index (χ0n) is 20.1. The summed E-state index contributed by atoms with van der Waals surface area (Å²) in [5.41, 5.74) is 5.19. The smallest absolute Gasteiger partial charge is 0.349 e. The highest BCUT2D eigenvalue weighted by atomic mass is 19.1. The van der Waals surface area contributed by atoms with Crippen molar-refractivity contribution < 1.29 is 18.7 Å². The quantitative estimate of drug-likeness (QED) is 0.195. The van der Waals surface area contributed by atoms with Crippen LogP contribution >= 0.6 is 0 Å². The van der Waals surface area contributed by atoms with Gasteiger partial charge in [0, 0.05) is 40.6 Å². The minimum Gasteiger partial charge on any atom is -0.453 e. The fourth-order valence-electron chi connectivity index (χ4n) is 4.15. The molecule has 2 aromatic heterocycles. The predicted molar refractivity (Wildman–Crippen MR) is 128 cm³/mol. The van der Waals surface area contributed by atoms with Gasteiger partial charge >= 0.3 is 5.97 Å². The monoisotopic (exact) mass is 461 g/mol. The maximum absolute atomic E-state index is 13.3. The number of ketones is 1. The van der Waals surface area contributed by atoms with E-state index in [-0.39, 0.29) is 17.2 Å². The average Bonchev–Trinajstić information content (AvgIpc) is 3.25. The van der Waals surface area contributed by atoms with Gasteiger partial charge < -0.3 is 13.9 Å². The molecule has 1 aromatic carbocycles. The molecular formula is C27H28FN3O3. The van der Waals surface area contributed by atoms with E-state index in [1.807, 2.05) is 37.5 Å². The molecule has 0 atom stereocenters. The highest BCUT2D eigenvalue weighted by Crippen LogP contribution is 2.22. The molecule has 7 heteroatoms. The Labute approximate surface area is 198 Å². The first-order chi connectivity index (χ1) is 16.2. The van der Waals surface area contributed by atoms with Crippen molar-refractivity contribution in [1.29, 1.82) is 5.26 Å². The van der Waals surface area contributed by atoms with Gasteiger partial charge in [-0.1, -0.05) is 6.92 Å². The number of carbonyl (C=O) groups excluding carboxylic acids is 2. The van der Waals surface area contributed by atoms with Crippen molar-refractivity contribution in [2.24, 2.45) is 0 Å². The fraction of sp³-hybridized carbons (Fsp3) is 0.296. The summed E-state index contributed by atoms with van der Waals surface area (Å²) >= 11 is 0. The number of carbonyl (C=O) groups is 2. The first kappa shape index (κ1) is 24.7. The Morgan fingerprint density at radius 3 is 2.35 bits per heavy atom. The number of nitriles is 1. The molecular weight excluding hydrogens is 433 g/mol. The van der Waals surface area contributed by atoms with Crippen LogP contribution in [0.1, 0.15) is 52.0 Å². The van der Waals surface area contributed by atoms with Gasteiger partial charge in [-0.05, 0) is 82.2 Å². The predicted octanol–water partition coefficient (Wildman–Crippen LogP) is 5.39. The lowest BCUT2D eigenvalue weighted by molar-refractivity contribution is -0.137. The second-order valence-electron chi connectivity index (χ2n) is 8.24. The summed E-state index contributed by atoms with van der Waals surface area (Å²) in [6.07, 6.45) is 2.47. The number of aryl methyl sites for hydroxylation is 2. The average molecular weight is 462 g/mol. The third kappa shape index (κ3) is 5.01. The number of ether oxygens (including phenoxy) is 1. The molecule has 0 radical (unpaired) electrons. The number of Topliss-reactive ketones (excluding diaryl/α,β-unsaturated/α-hetero) is 1. The summed E-state index contributed by atoms with van der Waals surface area (Å²) in [7, 11) is 0. The molecule has 3 rings (SSSR count). The van der Waals surface area contributed by atoms with E-state index in [2.05, 4.69) is 11.5 Å².